The lowest BCUT2D eigenvalue weighted by molar-refractivity contribution is 0.673. The fraction of sp³-hybridized carbons (Fsp3) is 0.106. The average Bonchev–Trinajstić information content (AvgIpc) is 1.53. The van der Waals surface area contributed by atoms with Crippen molar-refractivity contribution >= 4 is 327 Å². The molecular weight excluding hydrogens is 1590 g/mol. The van der Waals surface area contributed by atoms with Gasteiger partial charge in [-0.15, -0.1) is 136 Å². The van der Waals surface area contributed by atoms with Gasteiger partial charge in [0, 0.05) is 64.7 Å². The van der Waals surface area contributed by atoms with Crippen LogP contribution in [0.4, 0.5) is 0 Å². The van der Waals surface area contributed by atoms with Gasteiger partial charge in [0.25, 0.3) is 0 Å². The van der Waals surface area contributed by atoms with Crippen molar-refractivity contribution in [2.45, 2.75) is 68.7 Å². The molecule has 0 unspecified atom stereocenters. The highest BCUT2D eigenvalue weighted by molar-refractivity contribution is 7.48. The van der Waals surface area contributed by atoms with Gasteiger partial charge in [0.2, 0.25) is 0 Å². The number of furan rings is 2. The van der Waals surface area contributed by atoms with Gasteiger partial charge in [-0.2, -0.15) is 0 Å². The molecule has 0 atom stereocenters. The van der Waals surface area contributed by atoms with Crippen molar-refractivity contribution in [3.63, 3.8) is 0 Å². The topological polar surface area (TPSA) is 41.1 Å². The Labute approximate surface area is 681 Å². The van der Waals surface area contributed by atoms with Crippen LogP contribution < -0.4 is 0 Å². The molecule has 0 amide bonds. The first-order valence-corrected chi connectivity index (χ1v) is 46.9. The van der Waals surface area contributed by atoms with Gasteiger partial charge in [0.15, 0.2) is 11.2 Å². The van der Waals surface area contributed by atoms with E-state index in [0.29, 0.717) is 0 Å². The third kappa shape index (κ3) is 9.20. The molecule has 0 aliphatic heterocycles. The van der Waals surface area contributed by atoms with Gasteiger partial charge in [-0.25, -0.2) is 0 Å². The van der Waals surface area contributed by atoms with Crippen molar-refractivity contribution in [1.82, 2.24) is 13.7 Å². The summed E-state index contributed by atoms with van der Waals surface area (Å²) in [5, 5.41) is 7.98. The van der Waals surface area contributed by atoms with Crippen LogP contribution in [0.1, 0.15) is 61.2 Å². The Hall–Kier alpha value is -9.28. The summed E-state index contributed by atoms with van der Waals surface area (Å²) >= 11 is 23.5. The molecule has 5 nitrogen and oxygen atoms in total. The predicted molar refractivity (Wildman–Crippen MR) is 500 cm³/mol. The van der Waals surface area contributed by atoms with Gasteiger partial charge in [0.05, 0.1) is 132 Å². The SMILES string of the molecule is Cc1ccc(-n2c3c4ccc(C)cc4sc3c3sc4c5sc6c7ccc(C)cc7oc6c5sc4c32)cc1.Cc1ccc(-n2c3cc(C)ccc3c3sc4c5sc6c(c5sc4c32)Cc2c-6sc3cc(C)ccc23)cc1.Cc1ccc(-n2c3cc(C)ccc3c3sc4c5sc6c7oc8cc(C)ccc8c7sc6c5sc4c32)cc1. The fourth-order valence-electron chi connectivity index (χ4n) is 17.4. The molecular formula is C94H59N3O2S12. The number of aromatic nitrogens is 3. The van der Waals surface area contributed by atoms with Crippen LogP contribution >= 0.6 is 136 Å². The molecule has 9 aromatic carbocycles. The Morgan fingerprint density at radius 2 is 0.550 bits per heavy atom. The molecule has 17 heterocycles. The Kier molecular flexibility index (Phi) is 13.8. The molecule has 0 spiro atoms. The van der Waals surface area contributed by atoms with Gasteiger partial charge in [-0.3, -0.25) is 0 Å². The summed E-state index contributed by atoms with van der Waals surface area (Å²) in [6.07, 6.45) is 1.07. The van der Waals surface area contributed by atoms with Gasteiger partial charge in [0.1, 0.15) is 11.2 Å². The summed E-state index contributed by atoms with van der Waals surface area (Å²) in [6, 6.07) is 67.7. The summed E-state index contributed by atoms with van der Waals surface area (Å²) in [4.78, 5) is 3.04. The molecule has 534 valence electrons. The molecule has 17 aromatic heterocycles. The number of rotatable bonds is 3. The molecule has 111 heavy (non-hydrogen) atoms. The molecule has 0 saturated heterocycles. The summed E-state index contributed by atoms with van der Waals surface area (Å²) in [6.45, 7) is 19.5. The second kappa shape index (κ2) is 23.4. The van der Waals surface area contributed by atoms with Crippen molar-refractivity contribution in [3.8, 4) is 26.8 Å². The quantitative estimate of drug-likeness (QED) is 0.177. The van der Waals surface area contributed by atoms with E-state index in [1.165, 1.54) is 246 Å². The van der Waals surface area contributed by atoms with E-state index in [9.17, 15) is 0 Å². The minimum absolute atomic E-state index is 0.996. The van der Waals surface area contributed by atoms with E-state index in [4.69, 9.17) is 8.83 Å². The first-order valence-electron chi connectivity index (χ1n) is 37.1. The first-order chi connectivity index (χ1) is 54.1. The second-order valence-corrected chi connectivity index (χ2v) is 42.7. The minimum Gasteiger partial charge on any atom is -0.454 e. The van der Waals surface area contributed by atoms with Crippen LogP contribution in [0.5, 0.6) is 0 Å². The van der Waals surface area contributed by atoms with Crippen molar-refractivity contribution in [1.29, 1.82) is 0 Å². The third-order valence-electron chi connectivity index (χ3n) is 22.7. The maximum atomic E-state index is 6.46. The maximum absolute atomic E-state index is 6.46. The van der Waals surface area contributed by atoms with E-state index in [0.717, 1.165) is 28.8 Å². The molecule has 0 bridgehead atoms. The number of aryl methyl sites for hydroxylation is 9. The Bertz CT molecular complexity index is 8590. The summed E-state index contributed by atoms with van der Waals surface area (Å²) < 4.78 is 51.1. The number of benzene rings is 9. The molecule has 27 rings (SSSR count). The monoisotopic (exact) mass is 1650 g/mol. The largest absolute Gasteiger partial charge is 0.454 e. The highest BCUT2D eigenvalue weighted by Crippen LogP contribution is 2.61. The summed E-state index contributed by atoms with van der Waals surface area (Å²) in [5.74, 6) is 0. The number of fused-ring (bicyclic) bond motifs is 39. The van der Waals surface area contributed by atoms with Crippen LogP contribution in [-0.2, 0) is 6.42 Å². The lowest BCUT2D eigenvalue weighted by Crippen LogP contribution is -1.93. The van der Waals surface area contributed by atoms with E-state index in [2.05, 4.69) is 258 Å². The number of hydrogen-bond acceptors (Lipinski definition) is 14. The van der Waals surface area contributed by atoms with Crippen LogP contribution in [-0.4, -0.2) is 13.7 Å². The Morgan fingerprint density at radius 3 is 1.05 bits per heavy atom. The van der Waals surface area contributed by atoms with E-state index in [-0.39, 0.29) is 0 Å². The third-order valence-corrected chi connectivity index (χ3v) is 39.0. The van der Waals surface area contributed by atoms with Gasteiger partial charge in [-0.1, -0.05) is 114 Å². The lowest BCUT2D eigenvalue weighted by Gasteiger charge is -2.08. The molecule has 0 N–H and O–H groups in total. The maximum Gasteiger partial charge on any atom is 0.164 e. The van der Waals surface area contributed by atoms with Gasteiger partial charge in [-0.05, 0) is 197 Å². The van der Waals surface area contributed by atoms with Crippen LogP contribution in [0, 0.1) is 62.3 Å². The molecule has 1 aliphatic carbocycles. The second-order valence-electron chi connectivity index (χ2n) is 30.4. The summed E-state index contributed by atoms with van der Waals surface area (Å²) in [7, 11) is 0. The molecule has 26 aromatic rings. The highest BCUT2D eigenvalue weighted by atomic mass is 32.1. The van der Waals surface area contributed by atoms with Crippen LogP contribution in [0.25, 0.3) is 218 Å². The molecule has 0 saturated carbocycles. The lowest BCUT2D eigenvalue weighted by atomic mass is 10.1. The first kappa shape index (κ1) is 65.3. The van der Waals surface area contributed by atoms with Crippen molar-refractivity contribution in [2.24, 2.45) is 0 Å². The van der Waals surface area contributed by atoms with Crippen molar-refractivity contribution in [3.05, 3.63) is 243 Å². The van der Waals surface area contributed by atoms with Crippen LogP contribution in [0.2, 0.25) is 0 Å². The zero-order valence-electron chi connectivity index (χ0n) is 61.1. The zero-order valence-corrected chi connectivity index (χ0v) is 70.9. The Morgan fingerprint density at radius 1 is 0.225 bits per heavy atom. The highest BCUT2D eigenvalue weighted by Gasteiger charge is 2.34. The zero-order chi connectivity index (χ0) is 73.7. The fourth-order valence-corrected chi connectivity index (χ4v) is 35.2. The van der Waals surface area contributed by atoms with E-state index in [1.807, 2.05) is 136 Å². The normalized spacial score (nSPS) is 12.9. The van der Waals surface area contributed by atoms with Gasteiger partial charge < -0.3 is 22.5 Å². The number of nitrogens with zero attached hydrogens (tertiary/aromatic N) is 3. The van der Waals surface area contributed by atoms with Crippen molar-refractivity contribution in [2.75, 3.05) is 0 Å². The van der Waals surface area contributed by atoms with Gasteiger partial charge >= 0.3 is 0 Å². The average molecular weight is 1650 g/mol. The summed E-state index contributed by atoms with van der Waals surface area (Å²) in [5.41, 5.74) is 30.6. The predicted octanol–water partition coefficient (Wildman–Crippen LogP) is 33.6. The van der Waals surface area contributed by atoms with E-state index >= 15 is 0 Å². The molecule has 0 radical (unpaired) electrons. The number of hydrogen-bond donors (Lipinski definition) is 0. The van der Waals surface area contributed by atoms with Crippen molar-refractivity contribution < 1.29 is 8.83 Å². The van der Waals surface area contributed by atoms with Crippen LogP contribution in [0.3, 0.4) is 0 Å². The van der Waals surface area contributed by atoms with Crippen LogP contribution in [0.15, 0.2) is 191 Å². The molecule has 17 heteroatoms. The smallest absolute Gasteiger partial charge is 0.164 e. The minimum atomic E-state index is 0.996. The standard InChI is InChI=1S/C32H21NS4.2C31H19NOS4/c1-15-4-8-18(9-5-15)33-23-12-16(2)7-11-20(23)26-25(33)30-32(35-26)31-29(36-30)22-14-21-19-10-6-17(3)13-24(19)34-27(21)28(22)37-31;1-14-4-8-17(9-5-14)32-20-12-15(2)6-10-18(20)24-22(32)26-28(34-24)30-31(36-26)29-27(37-30)23-25(35-29)19-11-7-16(3)13-21(19)33-23;1-14-4-8-17(9-5-14)32-22-19-11-7-16(3)13-21(19)34-26(22)27-23(32)28-30(37-27)31-29(36-28)24-25(35-31)18-10-6-15(2)12-20(18)33-24/h4-13H,14H2,1-3H3;2*4-13H,1-3H3. The van der Waals surface area contributed by atoms with E-state index < -0.39 is 0 Å². The molecule has 0 fully saturated rings. The number of thiophene rings is 12. The molecule has 1 aliphatic rings. The Balaban J connectivity index is 0.0000000947. The van der Waals surface area contributed by atoms with E-state index in [1.54, 1.807) is 11.1 Å².